The minimum atomic E-state index is -0.530. The van der Waals surface area contributed by atoms with Crippen LogP contribution < -0.4 is 10.9 Å². The molecule has 0 aliphatic carbocycles. The van der Waals surface area contributed by atoms with Gasteiger partial charge < -0.3 is 10.1 Å². The second kappa shape index (κ2) is 8.61. The second-order valence-electron chi connectivity index (χ2n) is 5.93. The molecule has 1 N–H and O–H groups in total. The van der Waals surface area contributed by atoms with E-state index in [-0.39, 0.29) is 25.3 Å². The van der Waals surface area contributed by atoms with Crippen LogP contribution in [-0.4, -0.2) is 33.0 Å². The number of fused-ring (bicyclic) bond motifs is 1. The fourth-order valence-electron chi connectivity index (χ4n) is 2.68. The maximum atomic E-state index is 12.4. The maximum Gasteiger partial charge on any atom is 0.311 e. The van der Waals surface area contributed by atoms with Crippen LogP contribution in [0.5, 0.6) is 0 Å². The van der Waals surface area contributed by atoms with Gasteiger partial charge in [-0.2, -0.15) is 0 Å². The summed E-state index contributed by atoms with van der Waals surface area (Å²) in [5.41, 5.74) is 0.353. The first-order chi connectivity index (χ1) is 13.9. The number of hydrogen-bond donors (Lipinski definition) is 1. The van der Waals surface area contributed by atoms with Crippen molar-refractivity contribution in [3.8, 4) is 0 Å². The molecule has 2 heterocycles. The zero-order valence-electron chi connectivity index (χ0n) is 15.3. The zero-order valence-corrected chi connectivity index (χ0v) is 16.1. The Hall–Kier alpha value is -3.60. The Bertz CT molecular complexity index is 1150. The molecule has 0 atom stereocenters. The molecule has 10 nitrogen and oxygen atoms in total. The molecule has 0 bridgehead atoms. The lowest BCUT2D eigenvalue weighted by Gasteiger charge is -2.09. The van der Waals surface area contributed by atoms with E-state index >= 15 is 0 Å². The van der Waals surface area contributed by atoms with Gasteiger partial charge in [-0.3, -0.25) is 29.1 Å². The third kappa shape index (κ3) is 4.82. The van der Waals surface area contributed by atoms with E-state index in [2.05, 4.69) is 10.3 Å². The molecule has 0 saturated heterocycles. The molecule has 0 fully saturated rings. The highest BCUT2D eigenvalue weighted by molar-refractivity contribution is 7.13. The summed E-state index contributed by atoms with van der Waals surface area (Å²) < 4.78 is 6.07. The minimum absolute atomic E-state index is 0.00176. The number of nitrogens with zero attached hydrogens (tertiary/aromatic N) is 3. The van der Waals surface area contributed by atoms with Gasteiger partial charge in [0, 0.05) is 29.0 Å². The summed E-state index contributed by atoms with van der Waals surface area (Å²) in [6.45, 7) is 1.69. The molecule has 3 rings (SSSR count). The largest absolute Gasteiger partial charge is 0.466 e. The summed E-state index contributed by atoms with van der Waals surface area (Å²) >= 11 is 1.15. The van der Waals surface area contributed by atoms with Gasteiger partial charge >= 0.3 is 5.97 Å². The lowest BCUT2D eigenvalue weighted by molar-refractivity contribution is -0.384. The average molecular weight is 416 g/mol. The number of nitro groups is 1. The van der Waals surface area contributed by atoms with Crippen LogP contribution in [0.1, 0.15) is 12.6 Å². The number of pyridine rings is 1. The number of nitrogens with one attached hydrogen (secondary N) is 1. The summed E-state index contributed by atoms with van der Waals surface area (Å²) in [7, 11) is 0. The van der Waals surface area contributed by atoms with Gasteiger partial charge in [0.25, 0.3) is 11.2 Å². The van der Waals surface area contributed by atoms with Gasteiger partial charge in [0.1, 0.15) is 6.54 Å². The molecule has 0 radical (unpaired) electrons. The van der Waals surface area contributed by atoms with Gasteiger partial charge in [-0.1, -0.05) is 0 Å². The predicted octanol–water partition coefficient (Wildman–Crippen LogP) is 2.11. The van der Waals surface area contributed by atoms with Gasteiger partial charge in [-0.25, -0.2) is 4.98 Å². The van der Waals surface area contributed by atoms with Gasteiger partial charge in [-0.05, 0) is 19.1 Å². The average Bonchev–Trinajstić information content (AvgIpc) is 3.10. The van der Waals surface area contributed by atoms with Crippen LogP contribution in [-0.2, 0) is 27.3 Å². The van der Waals surface area contributed by atoms with Crippen LogP contribution in [0.15, 0.2) is 40.5 Å². The van der Waals surface area contributed by atoms with Crippen LogP contribution in [0.25, 0.3) is 10.9 Å². The molecule has 2 aromatic heterocycles. The molecule has 0 saturated carbocycles. The van der Waals surface area contributed by atoms with Crippen LogP contribution >= 0.6 is 11.3 Å². The highest BCUT2D eigenvalue weighted by Gasteiger charge is 2.14. The number of nitro benzene ring substituents is 1. The molecule has 0 unspecified atom stereocenters. The van der Waals surface area contributed by atoms with E-state index in [0.29, 0.717) is 21.7 Å². The first-order valence-electron chi connectivity index (χ1n) is 8.55. The smallest absolute Gasteiger partial charge is 0.311 e. The van der Waals surface area contributed by atoms with Crippen LogP contribution in [0.2, 0.25) is 0 Å². The number of rotatable bonds is 7. The van der Waals surface area contributed by atoms with E-state index in [1.807, 2.05) is 0 Å². The Morgan fingerprint density at radius 1 is 1.31 bits per heavy atom. The highest BCUT2D eigenvalue weighted by Crippen LogP contribution is 2.20. The second-order valence-corrected chi connectivity index (χ2v) is 6.79. The monoisotopic (exact) mass is 416 g/mol. The molecular formula is C18H16N4O6S. The van der Waals surface area contributed by atoms with Crippen molar-refractivity contribution in [1.82, 2.24) is 9.55 Å². The molecule has 29 heavy (non-hydrogen) atoms. The molecule has 150 valence electrons. The van der Waals surface area contributed by atoms with Gasteiger partial charge in [0.05, 0.1) is 29.2 Å². The Morgan fingerprint density at radius 2 is 2.10 bits per heavy atom. The molecule has 0 aliphatic rings. The van der Waals surface area contributed by atoms with E-state index < -0.39 is 22.4 Å². The zero-order chi connectivity index (χ0) is 21.0. The summed E-state index contributed by atoms with van der Waals surface area (Å²) in [5.74, 6) is -0.901. The molecule has 0 aliphatic heterocycles. The molecular weight excluding hydrogens is 400 g/mol. The summed E-state index contributed by atoms with van der Waals surface area (Å²) in [6, 6.07) is 6.77. The Labute approximate surface area is 167 Å². The van der Waals surface area contributed by atoms with Crippen molar-refractivity contribution in [3.05, 3.63) is 61.9 Å². The lowest BCUT2D eigenvalue weighted by atomic mass is 10.2. The highest BCUT2D eigenvalue weighted by atomic mass is 32.1. The summed E-state index contributed by atoms with van der Waals surface area (Å²) in [6.07, 6.45) is 0.00176. The fraction of sp³-hybridized carbons (Fsp3) is 0.222. The lowest BCUT2D eigenvalue weighted by Crippen LogP contribution is -2.27. The number of thiazole rings is 1. The summed E-state index contributed by atoms with van der Waals surface area (Å²) in [4.78, 5) is 50.6. The molecule has 0 spiro atoms. The number of benzene rings is 1. The topological polar surface area (TPSA) is 133 Å². The van der Waals surface area contributed by atoms with E-state index in [4.69, 9.17) is 4.74 Å². The number of aromatic nitrogens is 2. The number of non-ortho nitro benzene ring substituents is 1. The van der Waals surface area contributed by atoms with Gasteiger partial charge in [0.2, 0.25) is 5.91 Å². The molecule has 1 aromatic carbocycles. The van der Waals surface area contributed by atoms with E-state index in [0.717, 1.165) is 11.3 Å². The molecule has 1 amide bonds. The normalized spacial score (nSPS) is 10.7. The Kier molecular flexibility index (Phi) is 5.98. The number of anilines is 1. The van der Waals surface area contributed by atoms with Crippen molar-refractivity contribution in [1.29, 1.82) is 0 Å². The van der Waals surface area contributed by atoms with Crippen molar-refractivity contribution in [2.45, 2.75) is 19.9 Å². The van der Waals surface area contributed by atoms with Crippen LogP contribution in [0.4, 0.5) is 10.8 Å². The number of ether oxygens (including phenoxy) is 1. The third-order valence-electron chi connectivity index (χ3n) is 3.91. The SMILES string of the molecule is CCOC(=O)Cc1csc(NC(=O)Cn2c(=O)ccc3cc([N+](=O)[O-])ccc32)n1. The molecule has 3 aromatic rings. The first kappa shape index (κ1) is 20.1. The van der Waals surface area contributed by atoms with Crippen molar-refractivity contribution < 1.29 is 19.2 Å². The number of carbonyl (C=O) groups excluding carboxylic acids is 2. The number of hydrogen-bond acceptors (Lipinski definition) is 8. The van der Waals surface area contributed by atoms with Crippen molar-refractivity contribution >= 4 is 44.9 Å². The van der Waals surface area contributed by atoms with Crippen molar-refractivity contribution in [2.75, 3.05) is 11.9 Å². The Morgan fingerprint density at radius 3 is 2.83 bits per heavy atom. The molecule has 11 heteroatoms. The standard InChI is InChI=1S/C18H16N4O6S/c1-2-28-17(25)8-12-10-29-18(19-12)20-15(23)9-21-14-5-4-13(22(26)27)7-11(14)3-6-16(21)24/h3-7,10H,2,8-9H2,1H3,(H,19,20,23). The van der Waals surface area contributed by atoms with E-state index in [9.17, 15) is 24.5 Å². The van der Waals surface area contributed by atoms with Gasteiger partial charge in [0.15, 0.2) is 5.13 Å². The number of amides is 1. The quantitative estimate of drug-likeness (QED) is 0.354. The van der Waals surface area contributed by atoms with Crippen LogP contribution in [0, 0.1) is 10.1 Å². The fourth-order valence-corrected chi connectivity index (χ4v) is 3.40. The predicted molar refractivity (Wildman–Crippen MR) is 106 cm³/mol. The van der Waals surface area contributed by atoms with E-state index in [1.165, 1.54) is 34.9 Å². The third-order valence-corrected chi connectivity index (χ3v) is 4.72. The number of esters is 1. The van der Waals surface area contributed by atoms with Crippen molar-refractivity contribution in [2.24, 2.45) is 0 Å². The first-order valence-corrected chi connectivity index (χ1v) is 9.43. The maximum absolute atomic E-state index is 12.4. The minimum Gasteiger partial charge on any atom is -0.466 e. The van der Waals surface area contributed by atoms with Crippen molar-refractivity contribution in [3.63, 3.8) is 0 Å². The summed E-state index contributed by atoms with van der Waals surface area (Å²) in [5, 5.41) is 15.9. The van der Waals surface area contributed by atoms with Gasteiger partial charge in [-0.15, -0.1) is 11.3 Å². The van der Waals surface area contributed by atoms with Crippen LogP contribution in [0.3, 0.4) is 0 Å². The van der Waals surface area contributed by atoms with E-state index in [1.54, 1.807) is 12.3 Å². The number of carbonyl (C=O) groups is 2. The Balaban J connectivity index is 1.75.